The van der Waals surface area contributed by atoms with Gasteiger partial charge >= 0.3 is 0 Å². The van der Waals surface area contributed by atoms with E-state index in [1.807, 2.05) is 31.2 Å². The van der Waals surface area contributed by atoms with Gasteiger partial charge in [0.1, 0.15) is 5.41 Å². The number of benzene rings is 2. The second-order valence-corrected chi connectivity index (χ2v) is 7.46. The van der Waals surface area contributed by atoms with Crippen LogP contribution in [0.2, 0.25) is 0 Å². The van der Waals surface area contributed by atoms with E-state index in [-0.39, 0.29) is 29.8 Å². The molecule has 1 heterocycles. The topological polar surface area (TPSA) is 55.7 Å². The normalized spacial score (nSPS) is 36.3. The van der Waals surface area contributed by atoms with Gasteiger partial charge in [-0.25, -0.2) is 0 Å². The SMILES string of the molecule is CC1=NO[C@]23C(=O)CC(=O)[C@]12C1c2ccccc2C3c2ccccc21. The largest absolute Gasteiger partial charge is 0.379 e. The van der Waals surface area contributed by atoms with Crippen molar-refractivity contribution in [2.24, 2.45) is 10.6 Å². The summed E-state index contributed by atoms with van der Waals surface area (Å²) < 4.78 is 0. The van der Waals surface area contributed by atoms with Crippen LogP contribution in [0.15, 0.2) is 53.7 Å². The Morgan fingerprint density at radius 1 is 0.880 bits per heavy atom. The highest BCUT2D eigenvalue weighted by Gasteiger charge is 2.82. The van der Waals surface area contributed by atoms with Crippen LogP contribution >= 0.6 is 0 Å². The van der Waals surface area contributed by atoms with Gasteiger partial charge in [0.15, 0.2) is 11.6 Å². The average Bonchev–Trinajstić information content (AvgIpc) is 3.09. The van der Waals surface area contributed by atoms with E-state index < -0.39 is 11.0 Å². The number of rotatable bonds is 0. The Labute approximate surface area is 144 Å². The maximum atomic E-state index is 13.3. The minimum Gasteiger partial charge on any atom is -0.379 e. The molecule has 1 saturated carbocycles. The molecule has 2 atom stereocenters. The molecule has 2 aromatic carbocycles. The molecule has 0 amide bonds. The van der Waals surface area contributed by atoms with Crippen LogP contribution in [-0.4, -0.2) is 22.9 Å². The van der Waals surface area contributed by atoms with Crippen LogP contribution in [0.3, 0.4) is 0 Å². The molecule has 122 valence electrons. The van der Waals surface area contributed by atoms with E-state index in [0.29, 0.717) is 5.71 Å². The van der Waals surface area contributed by atoms with Gasteiger partial charge in [0.05, 0.1) is 18.1 Å². The third kappa shape index (κ3) is 1.11. The van der Waals surface area contributed by atoms with E-state index in [1.165, 1.54) is 0 Å². The first kappa shape index (κ1) is 13.5. The second-order valence-electron chi connectivity index (χ2n) is 7.46. The quantitative estimate of drug-likeness (QED) is 0.698. The number of hydrogen-bond acceptors (Lipinski definition) is 4. The van der Waals surface area contributed by atoms with Crippen LogP contribution in [0.4, 0.5) is 0 Å². The Hall–Kier alpha value is -2.75. The highest BCUT2D eigenvalue weighted by atomic mass is 16.7. The zero-order valence-corrected chi connectivity index (χ0v) is 13.7. The summed E-state index contributed by atoms with van der Waals surface area (Å²) >= 11 is 0. The summed E-state index contributed by atoms with van der Waals surface area (Å²) in [6.45, 7) is 1.84. The lowest BCUT2D eigenvalue weighted by atomic mass is 9.45. The molecule has 0 unspecified atom stereocenters. The maximum Gasteiger partial charge on any atom is 0.225 e. The predicted octanol–water partition coefficient (Wildman–Crippen LogP) is 2.95. The number of ketones is 2. The van der Waals surface area contributed by atoms with E-state index >= 15 is 0 Å². The van der Waals surface area contributed by atoms with Crippen molar-refractivity contribution in [3.05, 3.63) is 70.8 Å². The first-order chi connectivity index (χ1) is 12.1. The lowest BCUT2D eigenvalue weighted by molar-refractivity contribution is -0.154. The van der Waals surface area contributed by atoms with Crippen molar-refractivity contribution >= 4 is 17.3 Å². The zero-order valence-electron chi connectivity index (χ0n) is 13.7. The average molecular weight is 329 g/mol. The van der Waals surface area contributed by atoms with Crippen molar-refractivity contribution in [1.29, 1.82) is 0 Å². The number of Topliss-reactive ketones (excluding diaryl/α,β-unsaturated/α-hetero) is 2. The van der Waals surface area contributed by atoms with Crippen molar-refractivity contribution in [2.45, 2.75) is 30.8 Å². The first-order valence-electron chi connectivity index (χ1n) is 8.61. The summed E-state index contributed by atoms with van der Waals surface area (Å²) in [5.41, 5.74) is 2.89. The number of nitrogens with zero attached hydrogens (tertiary/aromatic N) is 1. The minimum absolute atomic E-state index is 0.0461. The zero-order chi connectivity index (χ0) is 17.0. The number of hydrogen-bond donors (Lipinski definition) is 0. The molecular formula is C21H15NO3. The number of oxime groups is 1. The maximum absolute atomic E-state index is 13.3. The monoisotopic (exact) mass is 329 g/mol. The van der Waals surface area contributed by atoms with E-state index in [4.69, 9.17) is 4.84 Å². The van der Waals surface area contributed by atoms with Gasteiger partial charge in [-0.15, -0.1) is 0 Å². The molecule has 1 fully saturated rings. The molecule has 7 rings (SSSR count). The van der Waals surface area contributed by atoms with E-state index in [1.54, 1.807) is 0 Å². The molecule has 2 aromatic rings. The van der Waals surface area contributed by atoms with Crippen LogP contribution < -0.4 is 0 Å². The molecule has 0 saturated heterocycles. The Morgan fingerprint density at radius 2 is 1.40 bits per heavy atom. The Kier molecular flexibility index (Phi) is 2.11. The Bertz CT molecular complexity index is 991. The fourth-order valence-electron chi connectivity index (χ4n) is 5.99. The molecule has 0 spiro atoms. The highest BCUT2D eigenvalue weighted by Crippen LogP contribution is 2.72. The lowest BCUT2D eigenvalue weighted by Gasteiger charge is -2.55. The summed E-state index contributed by atoms with van der Waals surface area (Å²) in [6.07, 6.45) is -0.0676. The van der Waals surface area contributed by atoms with Crippen LogP contribution in [0.5, 0.6) is 0 Å². The van der Waals surface area contributed by atoms with Gasteiger partial charge in [-0.05, 0) is 29.2 Å². The summed E-state index contributed by atoms with van der Waals surface area (Å²) in [7, 11) is 0. The molecule has 4 heteroatoms. The van der Waals surface area contributed by atoms with Crippen LogP contribution in [0, 0.1) is 5.41 Å². The molecular weight excluding hydrogens is 314 g/mol. The van der Waals surface area contributed by atoms with Gasteiger partial charge in [0, 0.05) is 5.92 Å². The predicted molar refractivity (Wildman–Crippen MR) is 90.6 cm³/mol. The molecule has 4 nitrogen and oxygen atoms in total. The fourth-order valence-corrected chi connectivity index (χ4v) is 5.99. The molecule has 1 aliphatic heterocycles. The van der Waals surface area contributed by atoms with Gasteiger partial charge in [0.2, 0.25) is 5.60 Å². The van der Waals surface area contributed by atoms with Gasteiger partial charge in [-0.2, -0.15) is 0 Å². The van der Waals surface area contributed by atoms with Crippen molar-refractivity contribution < 1.29 is 14.4 Å². The summed E-state index contributed by atoms with van der Waals surface area (Å²) in [6, 6.07) is 16.3. The number of carbonyl (C=O) groups excluding carboxylic acids is 2. The van der Waals surface area contributed by atoms with Crippen LogP contribution in [0.1, 0.15) is 47.4 Å². The summed E-state index contributed by atoms with van der Waals surface area (Å²) in [5.74, 6) is -0.674. The molecule has 0 radical (unpaired) electrons. The third-order valence-corrected chi connectivity index (χ3v) is 6.73. The second kappa shape index (κ2) is 3.90. The third-order valence-electron chi connectivity index (χ3n) is 6.73. The minimum atomic E-state index is -1.21. The molecule has 5 aliphatic rings. The Balaban J connectivity index is 1.84. The molecule has 0 N–H and O–H groups in total. The molecule has 2 bridgehead atoms. The fraction of sp³-hybridized carbons (Fsp3) is 0.286. The van der Waals surface area contributed by atoms with Crippen LogP contribution in [-0.2, 0) is 14.4 Å². The van der Waals surface area contributed by atoms with Gasteiger partial charge < -0.3 is 4.84 Å². The van der Waals surface area contributed by atoms with E-state index in [2.05, 4.69) is 29.4 Å². The van der Waals surface area contributed by atoms with Gasteiger partial charge in [-0.3, -0.25) is 9.59 Å². The van der Waals surface area contributed by atoms with Gasteiger partial charge in [-0.1, -0.05) is 53.7 Å². The smallest absolute Gasteiger partial charge is 0.225 e. The highest BCUT2D eigenvalue weighted by molar-refractivity contribution is 6.28. The summed E-state index contributed by atoms with van der Waals surface area (Å²) in [4.78, 5) is 32.3. The standard InChI is InChI=1S/C21H15NO3/c1-11-20-16(23)10-17(24)21(20,25-22-11)19-14-8-4-2-6-12(14)18(20)13-7-3-5-9-15(13)19/h2-9,18-19H,10H2,1H3/t18?,19?,20-,21-/m0/s1. The Morgan fingerprint density at radius 3 is 1.96 bits per heavy atom. The van der Waals surface area contributed by atoms with Crippen LogP contribution in [0.25, 0.3) is 0 Å². The molecule has 25 heavy (non-hydrogen) atoms. The van der Waals surface area contributed by atoms with Crippen molar-refractivity contribution in [1.82, 2.24) is 0 Å². The van der Waals surface area contributed by atoms with E-state index in [9.17, 15) is 9.59 Å². The molecule has 4 aliphatic carbocycles. The van der Waals surface area contributed by atoms with E-state index in [0.717, 1.165) is 22.3 Å². The van der Waals surface area contributed by atoms with Crippen molar-refractivity contribution in [3.8, 4) is 0 Å². The van der Waals surface area contributed by atoms with Crippen molar-refractivity contribution in [2.75, 3.05) is 0 Å². The number of carbonyl (C=O) groups is 2. The first-order valence-corrected chi connectivity index (χ1v) is 8.61. The summed E-state index contributed by atoms with van der Waals surface area (Å²) in [5, 5.41) is 4.23. The molecule has 0 aromatic heterocycles. The lowest BCUT2D eigenvalue weighted by Crippen LogP contribution is -2.64. The van der Waals surface area contributed by atoms with Gasteiger partial charge in [0.25, 0.3) is 0 Å². The van der Waals surface area contributed by atoms with Crippen molar-refractivity contribution in [3.63, 3.8) is 0 Å².